The van der Waals surface area contributed by atoms with Crippen LogP contribution in [0.5, 0.6) is 0 Å². The molecule has 1 aliphatic rings. The largest absolute Gasteiger partial charge is 0.0620 e. The van der Waals surface area contributed by atoms with Gasteiger partial charge in [0.15, 0.2) is 0 Å². The number of hydrogen-bond donors (Lipinski definition) is 0. The minimum Gasteiger partial charge on any atom is -0.0620 e. The van der Waals surface area contributed by atoms with E-state index in [1.165, 1.54) is 44.6 Å². The molecular weight excluding hydrogens is 240 g/mol. The van der Waals surface area contributed by atoms with Crippen LogP contribution in [0.4, 0.5) is 0 Å². The van der Waals surface area contributed by atoms with Gasteiger partial charge in [-0.15, -0.1) is 0 Å². The zero-order valence-electron chi connectivity index (χ0n) is 14.3. The van der Waals surface area contributed by atoms with Crippen molar-refractivity contribution in [3.8, 4) is 0 Å². The molecule has 0 aromatic carbocycles. The summed E-state index contributed by atoms with van der Waals surface area (Å²) in [5, 5.41) is 0. The fourth-order valence-corrected chi connectivity index (χ4v) is 2.37. The Hall–Kier alpha value is -1.56. The molecule has 0 aliphatic heterocycles. The van der Waals surface area contributed by atoms with E-state index in [-0.39, 0.29) is 0 Å². The van der Waals surface area contributed by atoms with Crippen LogP contribution >= 0.6 is 0 Å². The Kier molecular flexibility index (Phi) is 5.56. The van der Waals surface area contributed by atoms with Crippen molar-refractivity contribution in [1.29, 1.82) is 0 Å². The molecule has 0 heterocycles. The van der Waals surface area contributed by atoms with Crippen molar-refractivity contribution in [3.63, 3.8) is 0 Å². The standard InChI is InChI=1S/C20H28/c1-13-11-9-10-12-14(2)16(4)18(6)20(8)19(7)17(5)15(13)3/h9-12H,1-8H3/b10-9-,11-9?,12-10?,13-11-,14-12-,15-13?,16-14?,17-15-,18-16-,19-17?,20-18?,20-19-. The average molecular weight is 268 g/mol. The Bertz CT molecular complexity index is 530. The third-order valence-corrected chi connectivity index (χ3v) is 4.80. The molecule has 0 saturated heterocycles. The second-order valence-corrected chi connectivity index (χ2v) is 5.83. The molecule has 1 rings (SSSR count). The maximum Gasteiger partial charge on any atom is -0.0392 e. The van der Waals surface area contributed by atoms with Crippen molar-refractivity contribution in [1.82, 2.24) is 0 Å². The lowest BCUT2D eigenvalue weighted by Gasteiger charge is -2.16. The van der Waals surface area contributed by atoms with E-state index in [0.29, 0.717) is 0 Å². The van der Waals surface area contributed by atoms with Gasteiger partial charge in [0, 0.05) is 0 Å². The van der Waals surface area contributed by atoms with E-state index in [9.17, 15) is 0 Å². The van der Waals surface area contributed by atoms with Gasteiger partial charge in [-0.25, -0.2) is 0 Å². The second-order valence-electron chi connectivity index (χ2n) is 5.83. The van der Waals surface area contributed by atoms with Crippen molar-refractivity contribution >= 4 is 0 Å². The van der Waals surface area contributed by atoms with Crippen LogP contribution in [0.1, 0.15) is 55.4 Å². The van der Waals surface area contributed by atoms with Crippen molar-refractivity contribution in [2.75, 3.05) is 0 Å². The van der Waals surface area contributed by atoms with E-state index in [2.05, 4.69) is 79.7 Å². The first-order chi connectivity index (χ1) is 9.27. The van der Waals surface area contributed by atoms with E-state index in [4.69, 9.17) is 0 Å². The van der Waals surface area contributed by atoms with Crippen LogP contribution in [-0.2, 0) is 0 Å². The first kappa shape index (κ1) is 16.5. The summed E-state index contributed by atoms with van der Waals surface area (Å²) in [5.74, 6) is 0. The zero-order chi connectivity index (χ0) is 15.4. The molecule has 0 radical (unpaired) electrons. The van der Waals surface area contributed by atoms with Crippen LogP contribution in [0.15, 0.2) is 68.9 Å². The minimum absolute atomic E-state index is 1.33. The van der Waals surface area contributed by atoms with Crippen LogP contribution < -0.4 is 0 Å². The highest BCUT2D eigenvalue weighted by atomic mass is 14.1. The van der Waals surface area contributed by atoms with Gasteiger partial charge in [0.1, 0.15) is 0 Å². The van der Waals surface area contributed by atoms with Crippen LogP contribution in [0, 0.1) is 0 Å². The van der Waals surface area contributed by atoms with E-state index in [0.717, 1.165) is 0 Å². The van der Waals surface area contributed by atoms with E-state index in [1.807, 2.05) is 0 Å². The lowest BCUT2D eigenvalue weighted by Crippen LogP contribution is -1.96. The fourth-order valence-electron chi connectivity index (χ4n) is 2.37. The number of allylic oxidation sites excluding steroid dienone is 12. The Morgan fingerprint density at radius 1 is 0.400 bits per heavy atom. The molecule has 0 saturated carbocycles. The summed E-state index contributed by atoms with van der Waals surface area (Å²) in [6, 6.07) is 0. The Labute approximate surface area is 125 Å². The Morgan fingerprint density at radius 3 is 0.950 bits per heavy atom. The van der Waals surface area contributed by atoms with Crippen LogP contribution in [-0.4, -0.2) is 0 Å². The first-order valence-electron chi connectivity index (χ1n) is 7.33. The maximum atomic E-state index is 2.24. The Balaban J connectivity index is 3.64. The fraction of sp³-hybridized carbons (Fsp3) is 0.400. The highest BCUT2D eigenvalue weighted by Crippen LogP contribution is 2.28. The lowest BCUT2D eigenvalue weighted by molar-refractivity contribution is 1.14. The molecule has 0 atom stereocenters. The van der Waals surface area contributed by atoms with Gasteiger partial charge in [-0.05, 0) is 100.0 Å². The van der Waals surface area contributed by atoms with Crippen molar-refractivity contribution in [3.05, 3.63) is 68.9 Å². The van der Waals surface area contributed by atoms with Gasteiger partial charge in [0.2, 0.25) is 0 Å². The van der Waals surface area contributed by atoms with Gasteiger partial charge >= 0.3 is 0 Å². The molecule has 0 N–H and O–H groups in total. The second kappa shape index (κ2) is 6.74. The normalized spacial score (nSPS) is 36.4. The highest BCUT2D eigenvalue weighted by Gasteiger charge is 2.08. The van der Waals surface area contributed by atoms with Crippen molar-refractivity contribution in [2.24, 2.45) is 0 Å². The first-order valence-corrected chi connectivity index (χ1v) is 7.33. The monoisotopic (exact) mass is 268 g/mol. The smallest absolute Gasteiger partial charge is 0.0392 e. The molecule has 0 spiro atoms. The number of hydrogen-bond acceptors (Lipinski definition) is 0. The van der Waals surface area contributed by atoms with E-state index in [1.54, 1.807) is 0 Å². The molecular formula is C20H28. The van der Waals surface area contributed by atoms with Gasteiger partial charge in [0.25, 0.3) is 0 Å². The molecule has 0 bridgehead atoms. The summed E-state index contributed by atoms with van der Waals surface area (Å²) in [6.45, 7) is 17.7. The SMILES string of the molecule is CC1=C/C=C\C=C(C)/C(C)=C(C)\C(C)=C(C)/C(C)=C\1C. The molecule has 0 aromatic rings. The molecule has 0 aromatic heterocycles. The van der Waals surface area contributed by atoms with Gasteiger partial charge in [-0.3, -0.25) is 0 Å². The summed E-state index contributed by atoms with van der Waals surface area (Å²) in [7, 11) is 0. The van der Waals surface area contributed by atoms with Gasteiger partial charge < -0.3 is 0 Å². The molecule has 0 nitrogen and oxygen atoms in total. The van der Waals surface area contributed by atoms with Gasteiger partial charge in [0.05, 0.1) is 0 Å². The molecule has 0 fully saturated rings. The van der Waals surface area contributed by atoms with Gasteiger partial charge in [-0.1, -0.05) is 24.3 Å². The average Bonchev–Trinajstić information content (AvgIpc) is 2.45. The summed E-state index contributed by atoms with van der Waals surface area (Å²) < 4.78 is 0. The summed E-state index contributed by atoms with van der Waals surface area (Å²) in [4.78, 5) is 0. The topological polar surface area (TPSA) is 0 Å². The molecule has 0 unspecified atom stereocenters. The Morgan fingerprint density at radius 2 is 0.650 bits per heavy atom. The van der Waals surface area contributed by atoms with Gasteiger partial charge in [-0.2, -0.15) is 0 Å². The van der Waals surface area contributed by atoms with Crippen molar-refractivity contribution < 1.29 is 0 Å². The predicted octanol–water partition coefficient (Wildman–Crippen LogP) is 6.46. The third kappa shape index (κ3) is 3.50. The predicted molar refractivity (Wildman–Crippen MR) is 91.8 cm³/mol. The van der Waals surface area contributed by atoms with Crippen LogP contribution in [0.3, 0.4) is 0 Å². The third-order valence-electron chi connectivity index (χ3n) is 4.80. The maximum absolute atomic E-state index is 2.24. The van der Waals surface area contributed by atoms with Crippen LogP contribution in [0.2, 0.25) is 0 Å². The van der Waals surface area contributed by atoms with Crippen LogP contribution in [0.25, 0.3) is 0 Å². The molecule has 1 aliphatic carbocycles. The highest BCUT2D eigenvalue weighted by molar-refractivity contribution is 5.51. The minimum atomic E-state index is 1.33. The molecule has 108 valence electrons. The molecule has 0 heteroatoms. The zero-order valence-corrected chi connectivity index (χ0v) is 14.3. The molecule has 0 amide bonds. The lowest BCUT2D eigenvalue weighted by atomic mass is 9.90. The molecule has 20 heavy (non-hydrogen) atoms. The summed E-state index contributed by atoms with van der Waals surface area (Å²) >= 11 is 0. The number of rotatable bonds is 0. The summed E-state index contributed by atoms with van der Waals surface area (Å²) in [5.41, 5.74) is 11.0. The quantitative estimate of drug-likeness (QED) is 0.473. The van der Waals surface area contributed by atoms with E-state index < -0.39 is 0 Å². The van der Waals surface area contributed by atoms with E-state index >= 15 is 0 Å². The summed E-state index contributed by atoms with van der Waals surface area (Å²) in [6.07, 6.45) is 8.65. The van der Waals surface area contributed by atoms with Crippen molar-refractivity contribution in [2.45, 2.75) is 55.4 Å².